The van der Waals surface area contributed by atoms with Gasteiger partial charge in [-0.2, -0.15) is 16.8 Å². The fraction of sp³-hybridized carbons (Fsp3) is 0.419. The van der Waals surface area contributed by atoms with Crippen LogP contribution in [0.1, 0.15) is 63.8 Å². The molecular weight excluding hydrogens is 532 g/mol. The van der Waals surface area contributed by atoms with E-state index in [4.69, 9.17) is 8.37 Å². The van der Waals surface area contributed by atoms with Gasteiger partial charge in [-0.1, -0.05) is 95.6 Å². The Kier molecular flexibility index (Phi) is 9.17. The number of hydrogen-bond acceptors (Lipinski definition) is 6. The minimum Gasteiger partial charge on any atom is -0.266 e. The molecule has 0 fully saturated rings. The molecular formula is C31H40O6S2. The molecule has 8 heteroatoms. The van der Waals surface area contributed by atoms with Gasteiger partial charge in [0.15, 0.2) is 0 Å². The van der Waals surface area contributed by atoms with Crippen LogP contribution >= 0.6 is 0 Å². The summed E-state index contributed by atoms with van der Waals surface area (Å²) in [6.07, 6.45) is 0.510. The van der Waals surface area contributed by atoms with E-state index >= 15 is 0 Å². The monoisotopic (exact) mass is 572 g/mol. The predicted octanol–water partition coefficient (Wildman–Crippen LogP) is 7.06. The number of benzene rings is 3. The van der Waals surface area contributed by atoms with Crippen LogP contribution in [0, 0.1) is 24.7 Å². The maximum atomic E-state index is 13.6. The standard InChI is InChI=1S/C31H40O6S2/c1-22-9-12-24(13-10-22)18-25-14-16-27(29(19-25)39(34,35)37-21-31(6,7)8)26-15-11-23(2)17-28(26)38(32,33)36-20-30(3,4)5/h9-17,19H,18,20-21H2,1-8H3. The highest BCUT2D eigenvalue weighted by Gasteiger charge is 2.29. The van der Waals surface area contributed by atoms with Gasteiger partial charge in [0.25, 0.3) is 20.2 Å². The minimum atomic E-state index is -4.24. The molecule has 0 saturated heterocycles. The lowest BCUT2D eigenvalue weighted by Crippen LogP contribution is -2.20. The van der Waals surface area contributed by atoms with Crippen molar-refractivity contribution >= 4 is 20.2 Å². The first-order valence-electron chi connectivity index (χ1n) is 12.9. The van der Waals surface area contributed by atoms with Crippen molar-refractivity contribution in [2.24, 2.45) is 10.8 Å². The second-order valence-electron chi connectivity index (χ2n) is 12.5. The summed E-state index contributed by atoms with van der Waals surface area (Å²) in [5.41, 5.74) is 3.35. The normalized spacial score (nSPS) is 13.0. The molecule has 6 nitrogen and oxygen atoms in total. The summed E-state index contributed by atoms with van der Waals surface area (Å²) in [4.78, 5) is -0.155. The van der Waals surface area contributed by atoms with Crippen LogP contribution in [-0.2, 0) is 35.0 Å². The number of aryl methyl sites for hydroxylation is 2. The molecule has 0 aliphatic carbocycles. The van der Waals surface area contributed by atoms with E-state index in [0.29, 0.717) is 12.0 Å². The fourth-order valence-electron chi connectivity index (χ4n) is 3.74. The largest absolute Gasteiger partial charge is 0.297 e. The van der Waals surface area contributed by atoms with E-state index in [1.807, 2.05) is 78.8 Å². The van der Waals surface area contributed by atoms with Crippen molar-refractivity contribution in [2.45, 2.75) is 71.6 Å². The summed E-state index contributed by atoms with van der Waals surface area (Å²) in [5.74, 6) is 0. The van der Waals surface area contributed by atoms with Crippen molar-refractivity contribution in [2.75, 3.05) is 13.2 Å². The van der Waals surface area contributed by atoms with Gasteiger partial charge in [0.05, 0.1) is 13.2 Å². The molecule has 0 saturated carbocycles. The predicted molar refractivity (Wildman–Crippen MR) is 156 cm³/mol. The van der Waals surface area contributed by atoms with Crippen molar-refractivity contribution in [1.82, 2.24) is 0 Å². The highest BCUT2D eigenvalue weighted by Crippen LogP contribution is 2.36. The van der Waals surface area contributed by atoms with Gasteiger partial charge in [-0.3, -0.25) is 8.37 Å². The first-order chi connectivity index (χ1) is 17.9. The first kappa shape index (κ1) is 31.0. The third kappa shape index (κ3) is 8.73. The molecule has 0 heterocycles. The molecule has 212 valence electrons. The number of hydrogen-bond donors (Lipinski definition) is 0. The van der Waals surface area contributed by atoms with E-state index in [2.05, 4.69) is 0 Å². The summed E-state index contributed by atoms with van der Waals surface area (Å²) in [6.45, 7) is 15.0. The topological polar surface area (TPSA) is 86.7 Å². The third-order valence-corrected chi connectivity index (χ3v) is 8.44. The fourth-order valence-corrected chi connectivity index (χ4v) is 6.53. The molecule has 0 N–H and O–H groups in total. The molecule has 39 heavy (non-hydrogen) atoms. The van der Waals surface area contributed by atoms with Crippen LogP contribution in [-0.4, -0.2) is 30.0 Å². The van der Waals surface area contributed by atoms with E-state index < -0.39 is 25.7 Å². The molecule has 0 radical (unpaired) electrons. The maximum absolute atomic E-state index is 13.6. The van der Waals surface area contributed by atoms with Crippen LogP contribution in [0.5, 0.6) is 0 Å². The van der Waals surface area contributed by atoms with Gasteiger partial charge in [0.1, 0.15) is 9.79 Å². The van der Waals surface area contributed by atoms with Crippen LogP contribution in [0.3, 0.4) is 0 Å². The SMILES string of the molecule is Cc1ccc(Cc2ccc(-c3ccc(C)cc3S(=O)(=O)OCC(C)(C)C)c(S(=O)(=O)OCC(C)(C)C)c2)cc1. The van der Waals surface area contributed by atoms with Crippen molar-refractivity contribution < 1.29 is 25.2 Å². The molecule has 0 atom stereocenters. The van der Waals surface area contributed by atoms with Crippen LogP contribution in [0.2, 0.25) is 0 Å². The molecule has 3 aromatic rings. The van der Waals surface area contributed by atoms with Gasteiger partial charge < -0.3 is 0 Å². The lowest BCUT2D eigenvalue weighted by Gasteiger charge is -2.21. The van der Waals surface area contributed by atoms with Gasteiger partial charge in [-0.05, 0) is 59.9 Å². The quantitative estimate of drug-likeness (QED) is 0.255. The Morgan fingerprint density at radius 2 is 0.974 bits per heavy atom. The molecule has 0 spiro atoms. The highest BCUT2D eigenvalue weighted by molar-refractivity contribution is 7.87. The lowest BCUT2D eigenvalue weighted by molar-refractivity contribution is 0.203. The second-order valence-corrected chi connectivity index (χ2v) is 15.7. The van der Waals surface area contributed by atoms with E-state index in [9.17, 15) is 16.8 Å². The zero-order valence-corrected chi connectivity index (χ0v) is 25.8. The van der Waals surface area contributed by atoms with Gasteiger partial charge in [0, 0.05) is 11.1 Å². The zero-order chi connectivity index (χ0) is 29.2. The Morgan fingerprint density at radius 3 is 1.46 bits per heavy atom. The first-order valence-corrected chi connectivity index (χ1v) is 15.8. The Morgan fingerprint density at radius 1 is 0.564 bits per heavy atom. The average molecular weight is 573 g/mol. The maximum Gasteiger partial charge on any atom is 0.297 e. The highest BCUT2D eigenvalue weighted by atomic mass is 32.2. The molecule has 0 aromatic heterocycles. The van der Waals surface area contributed by atoms with E-state index in [-0.39, 0.29) is 39.5 Å². The van der Waals surface area contributed by atoms with Crippen molar-refractivity contribution in [3.05, 3.63) is 82.9 Å². The zero-order valence-electron chi connectivity index (χ0n) is 24.2. The lowest BCUT2D eigenvalue weighted by atomic mass is 9.99. The van der Waals surface area contributed by atoms with E-state index in [1.54, 1.807) is 31.2 Å². The molecule has 0 aliphatic rings. The third-order valence-electron chi connectivity index (χ3n) is 5.84. The summed E-state index contributed by atoms with van der Waals surface area (Å²) >= 11 is 0. The van der Waals surface area contributed by atoms with Gasteiger partial charge in [-0.25, -0.2) is 0 Å². The summed E-state index contributed by atoms with van der Waals surface area (Å²) in [7, 11) is -8.43. The van der Waals surface area contributed by atoms with Gasteiger partial charge in [0.2, 0.25) is 0 Å². The molecule has 3 aromatic carbocycles. The van der Waals surface area contributed by atoms with Gasteiger partial charge >= 0.3 is 0 Å². The van der Waals surface area contributed by atoms with Crippen molar-refractivity contribution in [3.8, 4) is 11.1 Å². The summed E-state index contributed by atoms with van der Waals surface area (Å²) in [6, 6.07) is 18.0. The van der Waals surface area contributed by atoms with Crippen LogP contribution in [0.25, 0.3) is 11.1 Å². The van der Waals surface area contributed by atoms with Crippen molar-refractivity contribution in [1.29, 1.82) is 0 Å². The molecule has 3 rings (SSSR count). The molecule has 0 unspecified atom stereocenters. The summed E-state index contributed by atoms with van der Waals surface area (Å²) < 4.78 is 64.9. The van der Waals surface area contributed by atoms with Crippen LogP contribution in [0.4, 0.5) is 0 Å². The minimum absolute atomic E-state index is 0.0158. The molecule has 0 aliphatic heterocycles. The average Bonchev–Trinajstić information content (AvgIpc) is 2.82. The van der Waals surface area contributed by atoms with Gasteiger partial charge in [-0.15, -0.1) is 0 Å². The molecule has 0 amide bonds. The second kappa shape index (κ2) is 11.5. The van der Waals surface area contributed by atoms with E-state index in [1.165, 1.54) is 6.07 Å². The summed E-state index contributed by atoms with van der Waals surface area (Å²) in [5, 5.41) is 0. The number of rotatable bonds is 9. The van der Waals surface area contributed by atoms with E-state index in [0.717, 1.165) is 16.7 Å². The Labute approximate surface area is 234 Å². The Bertz CT molecular complexity index is 1520. The Hall–Kier alpha value is -2.52. The van der Waals surface area contributed by atoms with Crippen LogP contribution < -0.4 is 0 Å². The Balaban J connectivity index is 2.19. The van der Waals surface area contributed by atoms with Crippen LogP contribution in [0.15, 0.2) is 70.5 Å². The van der Waals surface area contributed by atoms with Crippen molar-refractivity contribution in [3.63, 3.8) is 0 Å². The molecule has 0 bridgehead atoms. The smallest absolute Gasteiger partial charge is 0.266 e.